The Morgan fingerprint density at radius 1 is 1.31 bits per heavy atom. The van der Waals surface area contributed by atoms with Crippen LogP contribution >= 0.6 is 0 Å². The van der Waals surface area contributed by atoms with E-state index in [0.717, 1.165) is 5.56 Å². The monoisotopic (exact) mass is 482 g/mol. The highest BCUT2D eigenvalue weighted by atomic mass is 19.1. The summed E-state index contributed by atoms with van der Waals surface area (Å²) in [6.07, 6.45) is 5.77. The summed E-state index contributed by atoms with van der Waals surface area (Å²) in [5.41, 5.74) is 1.74. The fourth-order valence-electron chi connectivity index (χ4n) is 3.97. The first-order valence-electron chi connectivity index (χ1n) is 11.8. The van der Waals surface area contributed by atoms with Crippen molar-refractivity contribution in [3.8, 4) is 0 Å². The van der Waals surface area contributed by atoms with Crippen molar-refractivity contribution >= 4 is 5.71 Å². The Bertz CT molecular complexity index is 1160. The van der Waals surface area contributed by atoms with Crippen molar-refractivity contribution in [1.29, 1.82) is 0 Å². The van der Waals surface area contributed by atoms with E-state index in [1.54, 1.807) is 37.3 Å². The maximum atomic E-state index is 14.0. The van der Waals surface area contributed by atoms with Crippen LogP contribution in [0.4, 0.5) is 4.39 Å². The third-order valence-corrected chi connectivity index (χ3v) is 6.14. The zero-order valence-electron chi connectivity index (χ0n) is 21.4. The molecule has 8 heteroatoms. The second-order valence-electron chi connectivity index (χ2n) is 9.29. The SMILES string of the molecule is COC1(C)C=CC(F)=CC1CCc1cc(/C(C)=N/OC(C)C)c(=O)n(N(C)Cc2ccccc2)n1. The highest BCUT2D eigenvalue weighted by molar-refractivity contribution is 5.98. The fraction of sp³-hybridized carbons (Fsp3) is 0.444. The second-order valence-corrected chi connectivity index (χ2v) is 9.29. The van der Waals surface area contributed by atoms with E-state index in [0.29, 0.717) is 36.4 Å². The summed E-state index contributed by atoms with van der Waals surface area (Å²) in [5, 5.41) is 10.6. The maximum absolute atomic E-state index is 14.0. The van der Waals surface area contributed by atoms with Crippen LogP contribution in [0.25, 0.3) is 0 Å². The van der Waals surface area contributed by atoms with Crippen LogP contribution in [0.1, 0.15) is 50.9 Å². The van der Waals surface area contributed by atoms with Crippen LogP contribution in [0.15, 0.2) is 70.4 Å². The number of rotatable bonds is 10. The van der Waals surface area contributed by atoms with E-state index in [2.05, 4.69) is 10.3 Å². The maximum Gasteiger partial charge on any atom is 0.295 e. The predicted octanol–water partition coefficient (Wildman–Crippen LogP) is 4.54. The third-order valence-electron chi connectivity index (χ3n) is 6.14. The molecule has 0 saturated carbocycles. The molecule has 0 saturated heterocycles. The molecule has 1 heterocycles. The first-order valence-corrected chi connectivity index (χ1v) is 11.8. The third kappa shape index (κ3) is 6.66. The number of allylic oxidation sites excluding steroid dienone is 2. The van der Waals surface area contributed by atoms with Crippen molar-refractivity contribution in [3.63, 3.8) is 0 Å². The molecular formula is C27H35FN4O3. The molecule has 3 rings (SSSR count). The van der Waals surface area contributed by atoms with E-state index in [-0.39, 0.29) is 23.4 Å². The zero-order chi connectivity index (χ0) is 25.6. The number of halogens is 1. The normalized spacial score (nSPS) is 20.2. The van der Waals surface area contributed by atoms with E-state index in [9.17, 15) is 9.18 Å². The molecule has 0 N–H and O–H groups in total. The van der Waals surface area contributed by atoms with Gasteiger partial charge in [0, 0.05) is 20.1 Å². The van der Waals surface area contributed by atoms with Crippen molar-refractivity contribution in [3.05, 3.63) is 87.6 Å². The number of aromatic nitrogens is 2. The van der Waals surface area contributed by atoms with Gasteiger partial charge in [-0.05, 0) is 70.4 Å². The highest BCUT2D eigenvalue weighted by Crippen LogP contribution is 2.33. The molecule has 2 atom stereocenters. The number of nitrogens with zero attached hydrogens (tertiary/aromatic N) is 4. The molecular weight excluding hydrogens is 447 g/mol. The van der Waals surface area contributed by atoms with Gasteiger partial charge < -0.3 is 9.57 Å². The molecule has 2 unspecified atom stereocenters. The minimum atomic E-state index is -0.612. The van der Waals surface area contributed by atoms with E-state index in [4.69, 9.17) is 9.57 Å². The van der Waals surface area contributed by atoms with Crippen LogP contribution in [-0.2, 0) is 22.5 Å². The van der Waals surface area contributed by atoms with Gasteiger partial charge >= 0.3 is 0 Å². The second kappa shape index (κ2) is 11.4. The molecule has 0 amide bonds. The predicted molar refractivity (Wildman–Crippen MR) is 137 cm³/mol. The topological polar surface area (TPSA) is 69.0 Å². The average molecular weight is 483 g/mol. The molecule has 0 aliphatic heterocycles. The van der Waals surface area contributed by atoms with Gasteiger partial charge in [-0.1, -0.05) is 35.5 Å². The zero-order valence-corrected chi connectivity index (χ0v) is 21.4. The van der Waals surface area contributed by atoms with E-state index in [1.165, 1.54) is 10.9 Å². The van der Waals surface area contributed by atoms with Gasteiger partial charge in [-0.2, -0.15) is 5.10 Å². The molecule has 0 spiro atoms. The number of aryl methyl sites for hydroxylation is 1. The molecule has 7 nitrogen and oxygen atoms in total. The lowest BCUT2D eigenvalue weighted by Crippen LogP contribution is -2.43. The molecule has 0 bridgehead atoms. The largest absolute Gasteiger partial charge is 0.393 e. The van der Waals surface area contributed by atoms with Gasteiger partial charge in [0.1, 0.15) is 11.9 Å². The molecule has 188 valence electrons. The van der Waals surface area contributed by atoms with E-state index >= 15 is 0 Å². The Kier molecular flexibility index (Phi) is 8.62. The molecule has 1 aromatic heterocycles. The quantitative estimate of drug-likeness (QED) is 0.367. The number of hydrogen-bond donors (Lipinski definition) is 0. The Hall–Kier alpha value is -3.26. The average Bonchev–Trinajstić information content (AvgIpc) is 2.84. The molecule has 35 heavy (non-hydrogen) atoms. The Labute approximate surface area is 206 Å². The summed E-state index contributed by atoms with van der Waals surface area (Å²) in [7, 11) is 3.44. The number of ether oxygens (including phenoxy) is 1. The lowest BCUT2D eigenvalue weighted by molar-refractivity contribution is 0.00870. The van der Waals surface area contributed by atoms with Gasteiger partial charge in [-0.15, -0.1) is 4.79 Å². The van der Waals surface area contributed by atoms with Gasteiger partial charge in [0.15, 0.2) is 0 Å². The number of benzene rings is 1. The fourth-order valence-corrected chi connectivity index (χ4v) is 3.97. The smallest absolute Gasteiger partial charge is 0.295 e. The molecule has 1 aromatic carbocycles. The molecule has 1 aliphatic rings. The first kappa shape index (κ1) is 26.3. The van der Waals surface area contributed by atoms with Crippen molar-refractivity contribution in [2.45, 2.75) is 58.8 Å². The first-order chi connectivity index (χ1) is 16.6. The van der Waals surface area contributed by atoms with Gasteiger partial charge in [0.25, 0.3) is 5.56 Å². The van der Waals surface area contributed by atoms with Crippen molar-refractivity contribution in [2.24, 2.45) is 11.1 Å². The minimum absolute atomic E-state index is 0.109. The van der Waals surface area contributed by atoms with Gasteiger partial charge in [0.05, 0.1) is 29.1 Å². The highest BCUT2D eigenvalue weighted by Gasteiger charge is 2.33. The molecule has 0 fully saturated rings. The van der Waals surface area contributed by atoms with Gasteiger partial charge in [-0.25, -0.2) is 4.39 Å². The van der Waals surface area contributed by atoms with Crippen LogP contribution in [0.2, 0.25) is 0 Å². The molecule has 0 radical (unpaired) electrons. The Morgan fingerprint density at radius 3 is 2.69 bits per heavy atom. The van der Waals surface area contributed by atoms with E-state index in [1.807, 2.05) is 58.2 Å². The summed E-state index contributed by atoms with van der Waals surface area (Å²) in [6.45, 7) is 7.93. The van der Waals surface area contributed by atoms with Crippen molar-refractivity contribution in [1.82, 2.24) is 9.89 Å². The number of hydrogen-bond acceptors (Lipinski definition) is 6. The Morgan fingerprint density at radius 2 is 2.03 bits per heavy atom. The summed E-state index contributed by atoms with van der Waals surface area (Å²) in [4.78, 5) is 20.1. The number of methoxy groups -OCH3 is 1. The standard InChI is InChI=1S/C27H35FN4O3/c1-19(2)35-30-20(3)25-17-24(13-12-22-16-23(28)14-15-27(22,4)34-6)29-32(26(25)33)31(5)18-21-10-8-7-9-11-21/h7-11,14-17,19,22H,12-13,18H2,1-6H3/b30-20+. The van der Waals surface area contributed by atoms with Crippen LogP contribution < -0.4 is 10.6 Å². The van der Waals surface area contributed by atoms with Crippen LogP contribution in [0, 0.1) is 5.92 Å². The summed E-state index contributed by atoms with van der Waals surface area (Å²) in [6, 6.07) is 11.6. The van der Waals surface area contributed by atoms with Crippen LogP contribution in [0.5, 0.6) is 0 Å². The lowest BCUT2D eigenvalue weighted by atomic mass is 9.81. The summed E-state index contributed by atoms with van der Waals surface area (Å²) in [5.74, 6) is -0.455. The summed E-state index contributed by atoms with van der Waals surface area (Å²) >= 11 is 0. The van der Waals surface area contributed by atoms with E-state index < -0.39 is 5.60 Å². The van der Waals surface area contributed by atoms with Gasteiger partial charge in [0.2, 0.25) is 0 Å². The van der Waals surface area contributed by atoms with Gasteiger partial charge in [-0.3, -0.25) is 9.80 Å². The molecule has 1 aliphatic carbocycles. The minimum Gasteiger partial charge on any atom is -0.393 e. The van der Waals surface area contributed by atoms with Crippen molar-refractivity contribution < 1.29 is 14.0 Å². The molecule has 2 aromatic rings. The number of oxime groups is 1. The van der Waals surface area contributed by atoms with Crippen molar-refractivity contribution in [2.75, 3.05) is 19.2 Å². The lowest BCUT2D eigenvalue weighted by Gasteiger charge is -2.34. The Balaban J connectivity index is 1.95. The summed E-state index contributed by atoms with van der Waals surface area (Å²) < 4.78 is 19.7. The van der Waals surface area contributed by atoms with Crippen LogP contribution in [0.3, 0.4) is 0 Å². The van der Waals surface area contributed by atoms with Crippen LogP contribution in [-0.4, -0.2) is 41.5 Å².